The maximum atomic E-state index is 13.9. The van der Waals surface area contributed by atoms with Crippen molar-refractivity contribution in [1.29, 1.82) is 0 Å². The van der Waals surface area contributed by atoms with Crippen LogP contribution in [-0.2, 0) is 22.7 Å². The van der Waals surface area contributed by atoms with Gasteiger partial charge in [-0.25, -0.2) is 4.39 Å². The highest BCUT2D eigenvalue weighted by Gasteiger charge is 2.17. The molecule has 0 heterocycles. The predicted octanol–water partition coefficient (Wildman–Crippen LogP) is 2.69. The molecule has 3 rings (SSSR count). The van der Waals surface area contributed by atoms with Gasteiger partial charge in [-0.3, -0.25) is 0 Å². The summed E-state index contributed by atoms with van der Waals surface area (Å²) in [7, 11) is -1.87. The van der Waals surface area contributed by atoms with Gasteiger partial charge in [-0.2, -0.15) is 0 Å². The molecule has 0 aromatic heterocycles. The number of rotatable bonds is 11. The van der Waals surface area contributed by atoms with Crippen molar-refractivity contribution in [3.05, 3.63) is 95.8 Å². The Hall–Kier alpha value is -2.71. The molecule has 0 unspecified atom stereocenters. The molecule has 0 saturated carbocycles. The number of ether oxygens (including phenoxy) is 3. The first-order chi connectivity index (χ1) is 14.6. The Labute approximate surface area is 175 Å². The largest absolute Gasteiger partial charge is 0.491 e. The third-order valence-corrected chi connectivity index (χ3v) is 4.43. The average molecular weight is 410 g/mol. The summed E-state index contributed by atoms with van der Waals surface area (Å²) < 4.78 is 31.3. The summed E-state index contributed by atoms with van der Waals surface area (Å²) in [6.07, 6.45) is -0.375. The van der Waals surface area contributed by atoms with Crippen LogP contribution in [0.15, 0.2) is 78.9 Å². The lowest BCUT2D eigenvalue weighted by atomic mass is 9.80. The van der Waals surface area contributed by atoms with E-state index in [9.17, 15) is 4.39 Å². The summed E-state index contributed by atoms with van der Waals surface area (Å²) in [6.45, 7) is 1.30. The van der Waals surface area contributed by atoms with Crippen LogP contribution >= 0.6 is 0 Å². The van der Waals surface area contributed by atoms with Crippen molar-refractivity contribution in [2.24, 2.45) is 0 Å². The number of benzene rings is 3. The number of hydrogen-bond acceptors (Lipinski definition) is 5. The Morgan fingerprint density at radius 2 is 1.43 bits per heavy atom. The molecular weight excluding hydrogens is 386 g/mol. The van der Waals surface area contributed by atoms with Gasteiger partial charge in [0, 0.05) is 11.5 Å². The molecule has 30 heavy (non-hydrogen) atoms. The van der Waals surface area contributed by atoms with Gasteiger partial charge in [0.05, 0.1) is 19.8 Å². The Morgan fingerprint density at radius 3 is 2.03 bits per heavy atom. The van der Waals surface area contributed by atoms with Crippen LogP contribution in [0.1, 0.15) is 11.1 Å². The lowest BCUT2D eigenvalue weighted by molar-refractivity contribution is -0.0489. The van der Waals surface area contributed by atoms with Gasteiger partial charge in [-0.05, 0) is 17.2 Å². The summed E-state index contributed by atoms with van der Waals surface area (Å²) in [5, 5.41) is 18.2. The summed E-state index contributed by atoms with van der Waals surface area (Å²) in [4.78, 5) is 0. The quantitative estimate of drug-likeness (QED) is 0.476. The van der Waals surface area contributed by atoms with Gasteiger partial charge >= 0.3 is 7.12 Å². The first-order valence-corrected chi connectivity index (χ1v) is 9.67. The van der Waals surface area contributed by atoms with E-state index in [1.807, 2.05) is 60.7 Å². The average Bonchev–Trinajstić information content (AvgIpc) is 2.76. The molecule has 0 aliphatic heterocycles. The highest BCUT2D eigenvalue weighted by Crippen LogP contribution is 2.13. The molecule has 3 aromatic rings. The first-order valence-electron chi connectivity index (χ1n) is 9.67. The fraction of sp³-hybridized carbons (Fsp3) is 0.217. The van der Waals surface area contributed by atoms with Crippen molar-refractivity contribution in [3.8, 4) is 5.75 Å². The Bertz CT molecular complexity index is 893. The van der Waals surface area contributed by atoms with Crippen LogP contribution in [0.5, 0.6) is 5.75 Å². The van der Waals surface area contributed by atoms with E-state index >= 15 is 0 Å². The molecule has 3 aromatic carbocycles. The van der Waals surface area contributed by atoms with Crippen LogP contribution in [0.4, 0.5) is 4.39 Å². The van der Waals surface area contributed by atoms with Crippen molar-refractivity contribution in [3.63, 3.8) is 0 Å². The van der Waals surface area contributed by atoms with E-state index < -0.39 is 12.9 Å². The summed E-state index contributed by atoms with van der Waals surface area (Å²) >= 11 is 0. The third kappa shape index (κ3) is 6.97. The van der Waals surface area contributed by atoms with Gasteiger partial charge in [0.15, 0.2) is 0 Å². The normalized spacial score (nSPS) is 11.8. The number of hydrogen-bond donors (Lipinski definition) is 2. The fourth-order valence-corrected chi connectivity index (χ4v) is 2.81. The zero-order valence-electron chi connectivity index (χ0n) is 16.5. The third-order valence-electron chi connectivity index (χ3n) is 4.43. The van der Waals surface area contributed by atoms with Crippen LogP contribution in [0.3, 0.4) is 0 Å². The van der Waals surface area contributed by atoms with Gasteiger partial charge in [-0.15, -0.1) is 0 Å². The van der Waals surface area contributed by atoms with E-state index in [0.29, 0.717) is 19.8 Å². The monoisotopic (exact) mass is 410 g/mol. The predicted molar refractivity (Wildman–Crippen MR) is 113 cm³/mol. The van der Waals surface area contributed by atoms with Crippen LogP contribution in [-0.4, -0.2) is 36.5 Å². The van der Waals surface area contributed by atoms with Crippen molar-refractivity contribution in [2.45, 2.75) is 19.3 Å². The topological polar surface area (TPSA) is 68.2 Å². The number of halogens is 1. The molecule has 0 aliphatic rings. The minimum Gasteiger partial charge on any atom is -0.491 e. The van der Waals surface area contributed by atoms with Crippen LogP contribution < -0.4 is 10.2 Å². The van der Waals surface area contributed by atoms with E-state index in [2.05, 4.69) is 0 Å². The van der Waals surface area contributed by atoms with E-state index in [1.165, 1.54) is 12.1 Å². The van der Waals surface area contributed by atoms with E-state index in [4.69, 9.17) is 24.3 Å². The highest BCUT2D eigenvalue weighted by molar-refractivity contribution is 6.58. The molecule has 0 amide bonds. The fourth-order valence-electron chi connectivity index (χ4n) is 2.81. The molecule has 0 fully saturated rings. The van der Waals surface area contributed by atoms with Crippen molar-refractivity contribution in [2.75, 3.05) is 13.2 Å². The second kappa shape index (κ2) is 11.5. The molecule has 156 valence electrons. The van der Waals surface area contributed by atoms with Gasteiger partial charge in [0.2, 0.25) is 0 Å². The van der Waals surface area contributed by atoms with Gasteiger partial charge in [0.25, 0.3) is 0 Å². The molecule has 0 saturated heterocycles. The van der Waals surface area contributed by atoms with Gasteiger partial charge in [0.1, 0.15) is 24.3 Å². The molecule has 2 N–H and O–H groups in total. The Morgan fingerprint density at radius 1 is 0.800 bits per heavy atom. The van der Waals surface area contributed by atoms with Gasteiger partial charge in [-0.1, -0.05) is 66.7 Å². The maximum Gasteiger partial charge on any atom is 0.491 e. The zero-order valence-corrected chi connectivity index (χ0v) is 16.5. The maximum absolute atomic E-state index is 13.9. The standard InChI is InChI=1S/C23H24BFO5/c25-23-13-20(11-12-22(23)24(26)27)30-17-21(29-15-19-9-5-2-6-10-19)16-28-14-18-7-3-1-4-8-18/h1-13,21,26-27H,14-17H2/t21-/m1/s1. The Kier molecular flexibility index (Phi) is 8.41. The van der Waals surface area contributed by atoms with E-state index in [0.717, 1.165) is 17.2 Å². The second-order valence-corrected chi connectivity index (χ2v) is 6.79. The highest BCUT2D eigenvalue weighted by atomic mass is 19.1. The second-order valence-electron chi connectivity index (χ2n) is 6.79. The van der Waals surface area contributed by atoms with Crippen LogP contribution in [0.2, 0.25) is 0 Å². The molecule has 0 spiro atoms. The van der Waals surface area contributed by atoms with Crippen molar-refractivity contribution in [1.82, 2.24) is 0 Å². The van der Waals surface area contributed by atoms with Crippen LogP contribution in [0, 0.1) is 5.82 Å². The van der Waals surface area contributed by atoms with E-state index in [-0.39, 0.29) is 23.9 Å². The summed E-state index contributed by atoms with van der Waals surface area (Å²) in [5.41, 5.74) is 1.88. The SMILES string of the molecule is OB(O)c1ccc(OC[C@@H](COCc2ccccc2)OCc2ccccc2)cc1F. The van der Waals surface area contributed by atoms with Crippen molar-refractivity contribution < 1.29 is 28.6 Å². The lowest BCUT2D eigenvalue weighted by Crippen LogP contribution is -2.32. The minimum atomic E-state index is -1.87. The molecule has 1 atom stereocenters. The Balaban J connectivity index is 1.57. The van der Waals surface area contributed by atoms with E-state index in [1.54, 1.807) is 0 Å². The summed E-state index contributed by atoms with van der Waals surface area (Å²) in [5.74, 6) is -0.474. The molecule has 5 nitrogen and oxygen atoms in total. The van der Waals surface area contributed by atoms with Crippen LogP contribution in [0.25, 0.3) is 0 Å². The van der Waals surface area contributed by atoms with Crippen molar-refractivity contribution >= 4 is 12.6 Å². The molecule has 0 aliphatic carbocycles. The molecule has 7 heteroatoms. The molecular formula is C23H24BFO5. The summed E-state index contributed by atoms with van der Waals surface area (Å²) in [6, 6.07) is 23.5. The molecule has 0 radical (unpaired) electrons. The minimum absolute atomic E-state index is 0.155. The smallest absolute Gasteiger partial charge is 0.491 e. The lowest BCUT2D eigenvalue weighted by Gasteiger charge is -2.19. The first kappa shape index (κ1) is 22.0. The van der Waals surface area contributed by atoms with Gasteiger partial charge < -0.3 is 24.3 Å². The molecule has 0 bridgehead atoms. The zero-order chi connectivity index (χ0) is 21.2.